The second-order valence-electron chi connectivity index (χ2n) is 3.11. The molecule has 0 aromatic heterocycles. The van der Waals surface area contributed by atoms with E-state index in [2.05, 4.69) is 19.9 Å². The van der Waals surface area contributed by atoms with Gasteiger partial charge in [0.15, 0.2) is 0 Å². The van der Waals surface area contributed by atoms with Crippen LogP contribution < -0.4 is 4.74 Å². The molecule has 0 aliphatic carbocycles. The van der Waals surface area contributed by atoms with Crippen molar-refractivity contribution in [2.45, 2.75) is 13.8 Å². The third-order valence-electron chi connectivity index (χ3n) is 1.34. The van der Waals surface area contributed by atoms with E-state index in [0.29, 0.717) is 18.3 Å². The van der Waals surface area contributed by atoms with Crippen LogP contribution in [0.3, 0.4) is 0 Å². The van der Waals surface area contributed by atoms with Crippen LogP contribution in [0.2, 0.25) is 0 Å². The van der Waals surface area contributed by atoms with Crippen molar-refractivity contribution in [3.05, 3.63) is 24.3 Å². The van der Waals surface area contributed by atoms with Crippen molar-refractivity contribution in [2.75, 3.05) is 6.61 Å². The first-order chi connectivity index (χ1) is 5.68. The van der Waals surface area contributed by atoms with Crippen molar-refractivity contribution >= 4 is 0 Å². The molecular weight excluding hydrogens is 152 g/mol. The fourth-order valence-corrected chi connectivity index (χ4v) is 0.786. The van der Waals surface area contributed by atoms with Crippen LogP contribution in [0, 0.1) is 12.0 Å². The molecule has 1 rings (SSSR count). The summed E-state index contributed by atoms with van der Waals surface area (Å²) < 4.78 is 5.37. The number of rotatable bonds is 3. The van der Waals surface area contributed by atoms with Gasteiger partial charge in [-0.1, -0.05) is 13.8 Å². The molecule has 0 saturated carbocycles. The van der Waals surface area contributed by atoms with Crippen LogP contribution in [0.15, 0.2) is 18.2 Å². The molecule has 2 nitrogen and oxygen atoms in total. The Morgan fingerprint density at radius 2 is 2.33 bits per heavy atom. The molecule has 0 aliphatic heterocycles. The Bertz CT molecular complexity index is 243. The molecule has 12 heavy (non-hydrogen) atoms. The van der Waals surface area contributed by atoms with Gasteiger partial charge in [-0.05, 0) is 18.1 Å². The van der Waals surface area contributed by atoms with Crippen LogP contribution in [0.25, 0.3) is 0 Å². The van der Waals surface area contributed by atoms with Crippen molar-refractivity contribution in [1.29, 1.82) is 0 Å². The van der Waals surface area contributed by atoms with Crippen molar-refractivity contribution in [1.82, 2.24) is 0 Å². The molecule has 1 aromatic rings. The van der Waals surface area contributed by atoms with E-state index >= 15 is 0 Å². The third kappa shape index (κ3) is 2.82. The van der Waals surface area contributed by atoms with Crippen LogP contribution >= 0.6 is 0 Å². The minimum Gasteiger partial charge on any atom is -0.507 e. The monoisotopic (exact) mass is 165 g/mol. The lowest BCUT2D eigenvalue weighted by molar-refractivity contribution is 0.270. The fourth-order valence-electron chi connectivity index (χ4n) is 0.786. The Labute approximate surface area is 72.8 Å². The number of hydrogen-bond donors (Lipinski definition) is 1. The van der Waals surface area contributed by atoms with Gasteiger partial charge in [-0.2, -0.15) is 0 Å². The highest BCUT2D eigenvalue weighted by atomic mass is 16.5. The summed E-state index contributed by atoms with van der Waals surface area (Å²) in [4.78, 5) is 0. The van der Waals surface area contributed by atoms with E-state index in [0.717, 1.165) is 0 Å². The van der Waals surface area contributed by atoms with Gasteiger partial charge in [0, 0.05) is 12.1 Å². The van der Waals surface area contributed by atoms with Gasteiger partial charge in [-0.25, -0.2) is 0 Å². The van der Waals surface area contributed by atoms with Gasteiger partial charge >= 0.3 is 0 Å². The molecule has 1 N–H and O–H groups in total. The third-order valence-corrected chi connectivity index (χ3v) is 1.34. The number of ether oxygens (including phenoxy) is 1. The maximum atomic E-state index is 9.04. The number of hydrogen-bond acceptors (Lipinski definition) is 2. The van der Waals surface area contributed by atoms with Crippen LogP contribution in [-0.4, -0.2) is 11.7 Å². The quantitative estimate of drug-likeness (QED) is 0.744. The molecule has 0 atom stereocenters. The van der Waals surface area contributed by atoms with Crippen molar-refractivity contribution in [3.8, 4) is 11.5 Å². The highest BCUT2D eigenvalue weighted by Gasteiger charge is 1.97. The van der Waals surface area contributed by atoms with E-state index in [4.69, 9.17) is 9.84 Å². The normalized spacial score (nSPS) is 10.2. The Balaban J connectivity index is 2.52. The van der Waals surface area contributed by atoms with E-state index in [1.165, 1.54) is 0 Å². The summed E-state index contributed by atoms with van der Waals surface area (Å²) in [6.07, 6.45) is 0. The molecule has 1 radical (unpaired) electrons. The van der Waals surface area contributed by atoms with E-state index in [9.17, 15) is 0 Å². The molecule has 0 unspecified atom stereocenters. The van der Waals surface area contributed by atoms with Gasteiger partial charge in [0.05, 0.1) is 6.61 Å². The summed E-state index contributed by atoms with van der Waals surface area (Å²) in [6.45, 7) is 4.83. The molecular formula is C10H13O2. The molecule has 0 heterocycles. The topological polar surface area (TPSA) is 29.5 Å². The number of aromatic hydroxyl groups is 1. The lowest BCUT2D eigenvalue weighted by Gasteiger charge is -2.07. The summed E-state index contributed by atoms with van der Waals surface area (Å²) in [5.74, 6) is 1.31. The molecule has 65 valence electrons. The zero-order chi connectivity index (χ0) is 8.97. The average molecular weight is 165 g/mol. The lowest BCUT2D eigenvalue weighted by atomic mass is 10.2. The second-order valence-corrected chi connectivity index (χ2v) is 3.11. The first kappa shape index (κ1) is 8.91. The van der Waals surface area contributed by atoms with E-state index < -0.39 is 0 Å². The molecule has 0 fully saturated rings. The fraction of sp³-hybridized carbons (Fsp3) is 0.400. The van der Waals surface area contributed by atoms with Gasteiger partial charge in [0.25, 0.3) is 0 Å². The van der Waals surface area contributed by atoms with Gasteiger partial charge < -0.3 is 9.84 Å². The lowest BCUT2D eigenvalue weighted by Crippen LogP contribution is -2.04. The summed E-state index contributed by atoms with van der Waals surface area (Å²) in [5, 5.41) is 9.04. The highest BCUT2D eigenvalue weighted by molar-refractivity contribution is 5.30. The number of phenols is 1. The second kappa shape index (κ2) is 4.00. The Kier molecular flexibility index (Phi) is 2.97. The first-order valence-electron chi connectivity index (χ1n) is 4.02. The largest absolute Gasteiger partial charge is 0.507 e. The van der Waals surface area contributed by atoms with Crippen LogP contribution in [0.4, 0.5) is 0 Å². The summed E-state index contributed by atoms with van der Waals surface area (Å²) in [5.41, 5.74) is 0. The standard InChI is InChI=1S/C10H13O2/c1-8(2)7-12-10-5-3-4-9(11)6-10/h3,5-6,8,11H,7H2,1-2H3. The minimum absolute atomic E-state index is 0.122. The summed E-state index contributed by atoms with van der Waals surface area (Å²) in [7, 11) is 0. The van der Waals surface area contributed by atoms with Crippen molar-refractivity contribution in [2.24, 2.45) is 5.92 Å². The van der Waals surface area contributed by atoms with E-state index in [1.807, 2.05) is 0 Å². The zero-order valence-electron chi connectivity index (χ0n) is 7.37. The molecule has 0 amide bonds. The van der Waals surface area contributed by atoms with Crippen LogP contribution in [0.1, 0.15) is 13.8 Å². The molecule has 0 bridgehead atoms. The van der Waals surface area contributed by atoms with Gasteiger partial charge in [0.1, 0.15) is 11.5 Å². The molecule has 1 aromatic carbocycles. The molecule has 0 saturated heterocycles. The Morgan fingerprint density at radius 1 is 1.58 bits per heavy atom. The number of benzene rings is 1. The number of phenolic OH excluding ortho intramolecular Hbond substituents is 1. The van der Waals surface area contributed by atoms with E-state index in [-0.39, 0.29) is 5.75 Å². The average Bonchev–Trinajstić information content (AvgIpc) is 2.01. The Morgan fingerprint density at radius 3 is 2.92 bits per heavy atom. The van der Waals surface area contributed by atoms with Crippen molar-refractivity contribution in [3.63, 3.8) is 0 Å². The SMILES string of the molecule is CC(C)COc1cc[c]c(O)c1. The minimum atomic E-state index is 0.122. The predicted octanol–water partition coefficient (Wildman–Crippen LogP) is 2.23. The smallest absolute Gasteiger partial charge is 0.127 e. The molecule has 0 aliphatic rings. The van der Waals surface area contributed by atoms with Gasteiger partial charge in [-0.3, -0.25) is 0 Å². The Hall–Kier alpha value is -1.18. The summed E-state index contributed by atoms with van der Waals surface area (Å²) >= 11 is 0. The van der Waals surface area contributed by atoms with Crippen LogP contribution in [0.5, 0.6) is 11.5 Å². The first-order valence-corrected chi connectivity index (χ1v) is 4.02. The van der Waals surface area contributed by atoms with Crippen LogP contribution in [-0.2, 0) is 0 Å². The summed E-state index contributed by atoms with van der Waals surface area (Å²) in [6, 6.07) is 7.62. The van der Waals surface area contributed by atoms with Gasteiger partial charge in [-0.15, -0.1) is 0 Å². The van der Waals surface area contributed by atoms with E-state index in [1.54, 1.807) is 18.2 Å². The maximum absolute atomic E-state index is 9.04. The molecule has 2 heteroatoms. The zero-order valence-corrected chi connectivity index (χ0v) is 7.37. The van der Waals surface area contributed by atoms with Crippen molar-refractivity contribution < 1.29 is 9.84 Å². The highest BCUT2D eigenvalue weighted by Crippen LogP contribution is 2.17. The molecule has 0 spiro atoms. The predicted molar refractivity (Wildman–Crippen MR) is 47.3 cm³/mol. The maximum Gasteiger partial charge on any atom is 0.127 e. The van der Waals surface area contributed by atoms with Gasteiger partial charge in [0.2, 0.25) is 0 Å².